The summed E-state index contributed by atoms with van der Waals surface area (Å²) in [4.78, 5) is 76.4. The highest BCUT2D eigenvalue weighted by atomic mass is 16.6. The number of methoxy groups -OCH3 is 1. The van der Waals surface area contributed by atoms with Gasteiger partial charge in [-0.05, 0) is 169 Å². The van der Waals surface area contributed by atoms with E-state index in [0.717, 1.165) is 80.4 Å². The van der Waals surface area contributed by atoms with Crippen LogP contribution in [0.3, 0.4) is 0 Å². The van der Waals surface area contributed by atoms with Crippen molar-refractivity contribution in [1.29, 1.82) is 0 Å². The second kappa shape index (κ2) is 36.0. The van der Waals surface area contributed by atoms with Gasteiger partial charge in [-0.15, -0.1) is 0 Å². The van der Waals surface area contributed by atoms with Crippen LogP contribution in [-0.2, 0) is 57.9 Å². The fourth-order valence-electron chi connectivity index (χ4n) is 9.42. The van der Waals surface area contributed by atoms with Crippen molar-refractivity contribution in [2.24, 2.45) is 23.7 Å². The molecule has 0 atom stereocenters. The minimum atomic E-state index is -0.472. The van der Waals surface area contributed by atoms with Crippen molar-refractivity contribution in [3.63, 3.8) is 0 Å². The molecule has 0 heterocycles. The molecule has 3 aromatic rings. The van der Waals surface area contributed by atoms with Crippen molar-refractivity contribution in [1.82, 2.24) is 0 Å². The molecule has 450 valence electrons. The van der Waals surface area contributed by atoms with Gasteiger partial charge in [0.25, 0.3) is 0 Å². The molecule has 2 aliphatic rings. The third kappa shape index (κ3) is 23.6. The Balaban J connectivity index is 1.08. The average Bonchev–Trinajstić information content (AvgIpc) is 3.67. The maximum atomic E-state index is 13.7. The molecule has 0 spiro atoms. The van der Waals surface area contributed by atoms with Crippen LogP contribution < -0.4 is 33.2 Å². The number of rotatable bonds is 36. The summed E-state index contributed by atoms with van der Waals surface area (Å²) in [5.41, 5.74) is 1.46. The zero-order chi connectivity index (χ0) is 59.1. The van der Waals surface area contributed by atoms with Gasteiger partial charge in [-0.25, -0.2) is 9.59 Å². The third-order valence-electron chi connectivity index (χ3n) is 14.2. The van der Waals surface area contributed by atoms with Gasteiger partial charge >= 0.3 is 35.8 Å². The number of ether oxygens (including phenoxy) is 12. The first-order valence-corrected chi connectivity index (χ1v) is 29.0. The summed E-state index contributed by atoms with van der Waals surface area (Å²) in [6, 6.07) is 15.3. The molecule has 2 saturated carbocycles. The lowest BCUT2D eigenvalue weighted by atomic mass is 9.82. The van der Waals surface area contributed by atoms with E-state index >= 15 is 0 Å². The second-order valence-electron chi connectivity index (χ2n) is 21.6. The van der Waals surface area contributed by atoms with Crippen LogP contribution in [0.5, 0.6) is 40.2 Å². The Kier molecular flexibility index (Phi) is 29.0. The SMILES string of the molecule is C=CC(=O)OCCCCCCOc1ccc(OC(=O)C2CCC(C(=O)Oc3ccc(OC(=O)C4CCC(C(=O)Oc5ccc(OCCCCCCOC(=O)C=C)c(C(C)(C)C)c5)CC4)cc3OCCOCCOCCOC)CC2)cc1C. The van der Waals surface area contributed by atoms with E-state index in [1.54, 1.807) is 37.4 Å². The van der Waals surface area contributed by atoms with Crippen LogP contribution in [0, 0.1) is 30.6 Å². The number of benzene rings is 3. The molecule has 3 aromatic carbocycles. The van der Waals surface area contributed by atoms with E-state index < -0.39 is 47.5 Å². The van der Waals surface area contributed by atoms with Crippen LogP contribution in [0.2, 0.25) is 0 Å². The van der Waals surface area contributed by atoms with Crippen molar-refractivity contribution in [2.45, 2.75) is 136 Å². The van der Waals surface area contributed by atoms with Crippen molar-refractivity contribution in [3.05, 3.63) is 91.0 Å². The quantitative estimate of drug-likeness (QED) is 0.0229. The first kappa shape index (κ1) is 66.0. The standard InChI is InChI=1S/C64H86O18/c1-8-58(65)77-34-16-12-10-14-32-74-54-29-26-50(42-45(54)3)79-60(67)46-22-24-49(25-23-46)63(70)82-56-31-28-52(44-57(56)76-41-40-73-39-38-72-37-36-71-7)81-62(69)48-20-18-47(19-21-48)61(68)80-51-27-30-55(53(43-51)64(4,5)6)75-33-15-11-13-17-35-78-59(66)9-2/h8-9,26-31,42-44,46-49H,1-2,10-25,32-41H2,3-7H3. The molecular formula is C64H86O18. The highest BCUT2D eigenvalue weighted by Crippen LogP contribution is 2.39. The predicted molar refractivity (Wildman–Crippen MR) is 305 cm³/mol. The van der Waals surface area contributed by atoms with Crippen molar-refractivity contribution in [2.75, 3.05) is 73.2 Å². The predicted octanol–water partition coefficient (Wildman–Crippen LogP) is 11.3. The van der Waals surface area contributed by atoms with E-state index in [-0.39, 0.29) is 47.8 Å². The van der Waals surface area contributed by atoms with Crippen LogP contribution in [0.15, 0.2) is 79.9 Å². The molecule has 82 heavy (non-hydrogen) atoms. The number of aryl methyl sites for hydroxylation is 1. The molecule has 0 radical (unpaired) electrons. The molecule has 2 fully saturated rings. The number of unbranched alkanes of at least 4 members (excludes halogenated alkanes) is 6. The van der Waals surface area contributed by atoms with Gasteiger partial charge in [0.05, 0.1) is 83.1 Å². The number of hydrogen-bond acceptors (Lipinski definition) is 18. The Labute approximate surface area is 483 Å². The topological polar surface area (TPSA) is 213 Å². The Morgan fingerprint density at radius 1 is 0.439 bits per heavy atom. The smallest absolute Gasteiger partial charge is 0.330 e. The fourth-order valence-corrected chi connectivity index (χ4v) is 9.42. The molecule has 0 bridgehead atoms. The highest BCUT2D eigenvalue weighted by Gasteiger charge is 2.35. The Hall–Kier alpha value is -6.76. The normalized spacial score (nSPS) is 16.9. The van der Waals surface area contributed by atoms with Gasteiger partial charge in [0.15, 0.2) is 11.5 Å². The Morgan fingerprint density at radius 3 is 1.27 bits per heavy atom. The molecule has 0 amide bonds. The lowest BCUT2D eigenvalue weighted by Gasteiger charge is -2.27. The summed E-state index contributed by atoms with van der Waals surface area (Å²) in [7, 11) is 1.60. The van der Waals surface area contributed by atoms with Gasteiger partial charge in [0.2, 0.25) is 0 Å². The zero-order valence-electron chi connectivity index (χ0n) is 48.8. The largest absolute Gasteiger partial charge is 0.493 e. The van der Waals surface area contributed by atoms with Gasteiger partial charge in [0, 0.05) is 30.9 Å². The van der Waals surface area contributed by atoms with E-state index in [1.807, 2.05) is 19.1 Å². The Bertz CT molecular complexity index is 2510. The van der Waals surface area contributed by atoms with Crippen LogP contribution in [0.1, 0.15) is 135 Å². The lowest BCUT2D eigenvalue weighted by Crippen LogP contribution is -2.30. The van der Waals surface area contributed by atoms with Gasteiger partial charge in [-0.3, -0.25) is 19.2 Å². The maximum Gasteiger partial charge on any atom is 0.330 e. The molecule has 2 aliphatic carbocycles. The summed E-state index contributed by atoms with van der Waals surface area (Å²) in [5.74, 6) is -1.37. The number of esters is 6. The van der Waals surface area contributed by atoms with E-state index in [4.69, 9.17) is 56.8 Å². The van der Waals surface area contributed by atoms with Gasteiger partial charge in [-0.2, -0.15) is 0 Å². The van der Waals surface area contributed by atoms with Crippen LogP contribution in [0.25, 0.3) is 0 Å². The monoisotopic (exact) mass is 1140 g/mol. The number of carbonyl (C=O) groups excluding carboxylic acids is 6. The maximum absolute atomic E-state index is 13.7. The molecule has 18 nitrogen and oxygen atoms in total. The highest BCUT2D eigenvalue weighted by molar-refractivity contribution is 5.82. The molecule has 0 unspecified atom stereocenters. The van der Waals surface area contributed by atoms with E-state index in [2.05, 4.69) is 33.9 Å². The van der Waals surface area contributed by atoms with E-state index in [9.17, 15) is 28.8 Å². The van der Waals surface area contributed by atoms with Gasteiger partial charge in [0.1, 0.15) is 35.4 Å². The third-order valence-corrected chi connectivity index (χ3v) is 14.2. The first-order valence-electron chi connectivity index (χ1n) is 29.0. The molecular weight excluding hydrogens is 1060 g/mol. The molecule has 0 N–H and O–H groups in total. The first-order chi connectivity index (χ1) is 39.6. The van der Waals surface area contributed by atoms with Gasteiger partial charge < -0.3 is 56.8 Å². The van der Waals surface area contributed by atoms with Crippen molar-refractivity contribution in [3.8, 4) is 40.2 Å². The number of carbonyl (C=O) groups is 6. The number of hydrogen-bond donors (Lipinski definition) is 0. The molecule has 5 rings (SSSR count). The summed E-state index contributed by atoms with van der Waals surface area (Å²) in [6.45, 7) is 18.6. The second-order valence-corrected chi connectivity index (χ2v) is 21.6. The van der Waals surface area contributed by atoms with E-state index in [1.165, 1.54) is 12.1 Å². The summed E-state index contributed by atoms with van der Waals surface area (Å²) in [6.07, 6.45) is 12.7. The summed E-state index contributed by atoms with van der Waals surface area (Å²) >= 11 is 0. The van der Waals surface area contributed by atoms with Crippen molar-refractivity contribution < 1.29 is 85.6 Å². The molecule has 0 aromatic heterocycles. The fraction of sp³-hybridized carbons (Fsp3) is 0.562. The minimum absolute atomic E-state index is 0.0948. The van der Waals surface area contributed by atoms with E-state index in [0.29, 0.717) is 121 Å². The minimum Gasteiger partial charge on any atom is -0.493 e. The lowest BCUT2D eigenvalue weighted by molar-refractivity contribution is -0.145. The molecule has 0 aliphatic heterocycles. The Morgan fingerprint density at radius 2 is 0.817 bits per heavy atom. The molecule has 18 heteroatoms. The average molecular weight is 1140 g/mol. The molecule has 0 saturated heterocycles. The summed E-state index contributed by atoms with van der Waals surface area (Å²) in [5, 5.41) is 0. The van der Waals surface area contributed by atoms with Crippen LogP contribution >= 0.6 is 0 Å². The van der Waals surface area contributed by atoms with Crippen LogP contribution in [0.4, 0.5) is 0 Å². The van der Waals surface area contributed by atoms with Crippen molar-refractivity contribution >= 4 is 35.8 Å². The van der Waals surface area contributed by atoms with Gasteiger partial charge in [-0.1, -0.05) is 33.9 Å². The van der Waals surface area contributed by atoms with Crippen LogP contribution in [-0.4, -0.2) is 109 Å². The zero-order valence-corrected chi connectivity index (χ0v) is 48.8. The summed E-state index contributed by atoms with van der Waals surface area (Å²) < 4.78 is 67.9.